The number of rotatable bonds is 6. The molecular formula is C17H22O. The first kappa shape index (κ1) is 12.9. The van der Waals surface area contributed by atoms with Crippen LogP contribution in [0.15, 0.2) is 40.8 Å². The summed E-state index contributed by atoms with van der Waals surface area (Å²) in [6.45, 7) is 8.34. The van der Waals surface area contributed by atoms with E-state index in [0.29, 0.717) is 0 Å². The second-order valence-electron chi connectivity index (χ2n) is 5.09. The molecule has 0 fully saturated rings. The van der Waals surface area contributed by atoms with E-state index in [-0.39, 0.29) is 0 Å². The van der Waals surface area contributed by atoms with Crippen LogP contribution >= 0.6 is 0 Å². The zero-order chi connectivity index (χ0) is 13.0. The lowest BCUT2D eigenvalue weighted by Crippen LogP contribution is -1.92. The van der Waals surface area contributed by atoms with E-state index < -0.39 is 0 Å². The molecule has 0 amide bonds. The van der Waals surface area contributed by atoms with Crippen LogP contribution in [0.5, 0.6) is 0 Å². The molecular weight excluding hydrogens is 220 g/mol. The first-order valence-corrected chi connectivity index (χ1v) is 6.86. The third-order valence-corrected chi connectivity index (χ3v) is 3.27. The SMILES string of the molecule is C=C(C)Cc1c(CCCCC)oc2ccccc12. The minimum absolute atomic E-state index is 0.929. The van der Waals surface area contributed by atoms with Crippen LogP contribution in [0, 0.1) is 0 Å². The summed E-state index contributed by atoms with van der Waals surface area (Å²) in [6.07, 6.45) is 5.70. The molecule has 0 aliphatic rings. The van der Waals surface area contributed by atoms with Crippen molar-refractivity contribution in [1.82, 2.24) is 0 Å². The minimum atomic E-state index is 0.929. The molecule has 0 bridgehead atoms. The molecule has 1 heterocycles. The van der Waals surface area contributed by atoms with Crippen LogP contribution in [-0.4, -0.2) is 0 Å². The van der Waals surface area contributed by atoms with Gasteiger partial charge in [-0.2, -0.15) is 0 Å². The fourth-order valence-electron chi connectivity index (χ4n) is 2.38. The van der Waals surface area contributed by atoms with Crippen LogP contribution in [0.4, 0.5) is 0 Å². The fraction of sp³-hybridized carbons (Fsp3) is 0.412. The highest BCUT2D eigenvalue weighted by Crippen LogP contribution is 2.28. The maximum Gasteiger partial charge on any atom is 0.134 e. The van der Waals surface area contributed by atoms with Crippen molar-refractivity contribution < 1.29 is 4.42 Å². The highest BCUT2D eigenvalue weighted by atomic mass is 16.3. The van der Waals surface area contributed by atoms with Gasteiger partial charge in [-0.1, -0.05) is 50.1 Å². The second kappa shape index (κ2) is 5.90. The average Bonchev–Trinajstić information content (AvgIpc) is 2.68. The Labute approximate surface area is 110 Å². The standard InChI is InChI=1S/C17H22O/c1-4-5-6-10-17-15(12-13(2)3)14-9-7-8-11-16(14)18-17/h7-9,11H,2,4-6,10,12H2,1,3H3. The van der Waals surface area contributed by atoms with Gasteiger partial charge in [0, 0.05) is 17.4 Å². The van der Waals surface area contributed by atoms with E-state index in [2.05, 4.69) is 38.6 Å². The molecule has 2 rings (SSSR count). The zero-order valence-corrected chi connectivity index (χ0v) is 11.5. The molecule has 2 aromatic rings. The van der Waals surface area contributed by atoms with E-state index in [1.165, 1.54) is 35.8 Å². The van der Waals surface area contributed by atoms with E-state index in [1.807, 2.05) is 6.07 Å². The normalized spacial score (nSPS) is 11.0. The van der Waals surface area contributed by atoms with E-state index in [4.69, 9.17) is 4.42 Å². The Morgan fingerprint density at radius 1 is 1.22 bits per heavy atom. The number of fused-ring (bicyclic) bond motifs is 1. The lowest BCUT2D eigenvalue weighted by Gasteiger charge is -2.02. The Bertz CT molecular complexity index is 534. The molecule has 0 N–H and O–H groups in total. The van der Waals surface area contributed by atoms with Crippen molar-refractivity contribution in [3.8, 4) is 0 Å². The van der Waals surface area contributed by atoms with Crippen LogP contribution in [0.25, 0.3) is 11.0 Å². The van der Waals surface area contributed by atoms with Crippen LogP contribution in [-0.2, 0) is 12.8 Å². The van der Waals surface area contributed by atoms with Crippen molar-refractivity contribution in [2.75, 3.05) is 0 Å². The topological polar surface area (TPSA) is 13.1 Å². The predicted octanol–water partition coefficient (Wildman–Crippen LogP) is 5.28. The maximum atomic E-state index is 6.01. The largest absolute Gasteiger partial charge is 0.461 e. The molecule has 1 aromatic heterocycles. The van der Waals surface area contributed by atoms with Gasteiger partial charge in [-0.3, -0.25) is 0 Å². The number of allylic oxidation sites excluding steroid dienone is 1. The first-order valence-electron chi connectivity index (χ1n) is 6.86. The molecule has 1 heteroatoms. The van der Waals surface area contributed by atoms with Crippen LogP contribution < -0.4 is 0 Å². The average molecular weight is 242 g/mol. The van der Waals surface area contributed by atoms with Gasteiger partial charge in [0.15, 0.2) is 0 Å². The quantitative estimate of drug-likeness (QED) is 0.496. The summed E-state index contributed by atoms with van der Waals surface area (Å²) in [6, 6.07) is 8.32. The van der Waals surface area contributed by atoms with Crippen molar-refractivity contribution >= 4 is 11.0 Å². The highest BCUT2D eigenvalue weighted by Gasteiger charge is 2.13. The Hall–Kier alpha value is -1.50. The summed E-state index contributed by atoms with van der Waals surface area (Å²) in [4.78, 5) is 0. The van der Waals surface area contributed by atoms with Crippen molar-refractivity contribution in [3.63, 3.8) is 0 Å². The molecule has 0 aliphatic heterocycles. The number of furan rings is 1. The maximum absolute atomic E-state index is 6.01. The van der Waals surface area contributed by atoms with E-state index in [0.717, 1.165) is 24.2 Å². The Morgan fingerprint density at radius 3 is 2.72 bits per heavy atom. The van der Waals surface area contributed by atoms with E-state index in [1.54, 1.807) is 0 Å². The number of hydrogen-bond donors (Lipinski definition) is 0. The summed E-state index contributed by atoms with van der Waals surface area (Å²) in [7, 11) is 0. The van der Waals surface area contributed by atoms with Crippen molar-refractivity contribution in [1.29, 1.82) is 0 Å². The number of hydrogen-bond acceptors (Lipinski definition) is 1. The summed E-state index contributed by atoms with van der Waals surface area (Å²) < 4.78 is 6.01. The number of benzene rings is 1. The van der Waals surface area contributed by atoms with Crippen LogP contribution in [0.2, 0.25) is 0 Å². The minimum Gasteiger partial charge on any atom is -0.461 e. The van der Waals surface area contributed by atoms with Gasteiger partial charge in [-0.25, -0.2) is 0 Å². The number of aryl methyl sites for hydroxylation is 1. The molecule has 0 radical (unpaired) electrons. The summed E-state index contributed by atoms with van der Waals surface area (Å²) in [5.74, 6) is 1.16. The fourth-order valence-corrected chi connectivity index (χ4v) is 2.38. The van der Waals surface area contributed by atoms with E-state index >= 15 is 0 Å². The van der Waals surface area contributed by atoms with Gasteiger partial charge >= 0.3 is 0 Å². The Balaban J connectivity index is 2.33. The molecule has 18 heavy (non-hydrogen) atoms. The van der Waals surface area contributed by atoms with Crippen molar-refractivity contribution in [2.24, 2.45) is 0 Å². The molecule has 0 saturated heterocycles. The predicted molar refractivity (Wildman–Crippen MR) is 78.0 cm³/mol. The molecule has 96 valence electrons. The number of para-hydroxylation sites is 1. The molecule has 1 aromatic carbocycles. The summed E-state index contributed by atoms with van der Waals surface area (Å²) in [5.41, 5.74) is 3.55. The van der Waals surface area contributed by atoms with E-state index in [9.17, 15) is 0 Å². The molecule has 0 atom stereocenters. The lowest BCUT2D eigenvalue weighted by atomic mass is 10.0. The second-order valence-corrected chi connectivity index (χ2v) is 5.09. The van der Waals surface area contributed by atoms with Crippen molar-refractivity contribution in [3.05, 3.63) is 47.7 Å². The number of unbranched alkanes of at least 4 members (excludes halogenated alkanes) is 2. The first-order chi connectivity index (χ1) is 8.72. The van der Waals surface area contributed by atoms with Gasteiger partial charge in [0.05, 0.1) is 0 Å². The third kappa shape index (κ3) is 2.84. The smallest absolute Gasteiger partial charge is 0.134 e. The Kier molecular flexibility index (Phi) is 4.24. The molecule has 0 saturated carbocycles. The molecule has 0 aliphatic carbocycles. The van der Waals surface area contributed by atoms with Crippen LogP contribution in [0.1, 0.15) is 44.4 Å². The van der Waals surface area contributed by atoms with Gasteiger partial charge in [0.2, 0.25) is 0 Å². The van der Waals surface area contributed by atoms with Gasteiger partial charge in [0.25, 0.3) is 0 Å². The highest BCUT2D eigenvalue weighted by molar-refractivity contribution is 5.82. The lowest BCUT2D eigenvalue weighted by molar-refractivity contribution is 0.526. The zero-order valence-electron chi connectivity index (χ0n) is 11.5. The van der Waals surface area contributed by atoms with Crippen molar-refractivity contribution in [2.45, 2.75) is 46.0 Å². The van der Waals surface area contributed by atoms with Gasteiger partial charge in [0.1, 0.15) is 11.3 Å². The van der Waals surface area contributed by atoms with Gasteiger partial charge in [-0.05, 0) is 25.8 Å². The monoisotopic (exact) mass is 242 g/mol. The summed E-state index contributed by atoms with van der Waals surface area (Å²) >= 11 is 0. The van der Waals surface area contributed by atoms with Gasteiger partial charge < -0.3 is 4.42 Å². The summed E-state index contributed by atoms with van der Waals surface area (Å²) in [5, 5.41) is 1.26. The Morgan fingerprint density at radius 2 is 2.00 bits per heavy atom. The third-order valence-electron chi connectivity index (χ3n) is 3.27. The molecule has 0 spiro atoms. The molecule has 0 unspecified atom stereocenters. The van der Waals surface area contributed by atoms with Crippen LogP contribution in [0.3, 0.4) is 0 Å². The van der Waals surface area contributed by atoms with Gasteiger partial charge in [-0.15, -0.1) is 0 Å². The molecule has 1 nitrogen and oxygen atoms in total.